The van der Waals surface area contributed by atoms with Crippen molar-refractivity contribution in [1.82, 2.24) is 15.5 Å². The first-order valence-corrected chi connectivity index (χ1v) is 8.88. The molecule has 26 heavy (non-hydrogen) atoms. The molecule has 1 aliphatic carbocycles. The molecule has 0 aromatic carbocycles. The van der Waals surface area contributed by atoms with E-state index >= 15 is 0 Å². The molecule has 2 aliphatic rings. The number of nitrogens with one attached hydrogen (secondary N) is 2. The van der Waals surface area contributed by atoms with Crippen LogP contribution < -0.4 is 10.6 Å². The molecule has 0 bridgehead atoms. The first-order chi connectivity index (χ1) is 12.3. The number of nitrogens with zero attached hydrogens (tertiary/aromatic N) is 1. The van der Waals surface area contributed by atoms with Gasteiger partial charge in [-0.2, -0.15) is 0 Å². The van der Waals surface area contributed by atoms with Crippen molar-refractivity contribution in [3.05, 3.63) is 0 Å². The van der Waals surface area contributed by atoms with Gasteiger partial charge in [0.25, 0.3) is 5.91 Å². The monoisotopic (exact) mass is 367 g/mol. The molecule has 2 N–H and O–H groups in total. The van der Waals surface area contributed by atoms with Crippen LogP contribution in [0.4, 0.5) is 4.79 Å². The Kier molecular flexibility index (Phi) is 6.70. The van der Waals surface area contributed by atoms with Gasteiger partial charge < -0.3 is 10.1 Å². The summed E-state index contributed by atoms with van der Waals surface area (Å²) in [4.78, 5) is 60.3. The van der Waals surface area contributed by atoms with Crippen LogP contribution >= 0.6 is 0 Å². The zero-order valence-corrected chi connectivity index (χ0v) is 15.1. The predicted molar refractivity (Wildman–Crippen MR) is 89.5 cm³/mol. The Labute approximate surface area is 151 Å². The van der Waals surface area contributed by atoms with Crippen LogP contribution in [0.1, 0.15) is 39.5 Å². The molecule has 144 valence electrons. The summed E-state index contributed by atoms with van der Waals surface area (Å²) >= 11 is 0. The molecule has 2 atom stereocenters. The third-order valence-corrected chi connectivity index (χ3v) is 4.51. The lowest BCUT2D eigenvalue weighted by atomic mass is 9.81. The van der Waals surface area contributed by atoms with Crippen LogP contribution in [0.2, 0.25) is 0 Å². The van der Waals surface area contributed by atoms with Crippen molar-refractivity contribution >= 4 is 29.7 Å². The maximum Gasteiger partial charge on any atom is 0.326 e. The summed E-state index contributed by atoms with van der Waals surface area (Å²) in [5, 5.41) is 4.52. The van der Waals surface area contributed by atoms with Gasteiger partial charge in [-0.3, -0.25) is 29.4 Å². The number of hydrogen-bond acceptors (Lipinski definition) is 6. The molecule has 2 fully saturated rings. The summed E-state index contributed by atoms with van der Waals surface area (Å²) in [5.74, 6) is -2.76. The van der Waals surface area contributed by atoms with Crippen LogP contribution in [0.15, 0.2) is 0 Å². The molecule has 2 rings (SSSR count). The number of ether oxygens (including phenoxy) is 1. The number of esters is 1. The average Bonchev–Trinajstić information content (AvgIpc) is 2.83. The molecule has 9 nitrogen and oxygen atoms in total. The van der Waals surface area contributed by atoms with Crippen molar-refractivity contribution in [2.45, 2.75) is 39.5 Å². The van der Waals surface area contributed by atoms with Gasteiger partial charge in [0.1, 0.15) is 6.54 Å². The second kappa shape index (κ2) is 8.77. The molecule has 9 heteroatoms. The Hall–Kier alpha value is -2.45. The molecule has 1 heterocycles. The number of imide groups is 2. The van der Waals surface area contributed by atoms with E-state index in [1.807, 2.05) is 19.2 Å². The molecule has 5 amide bonds. The summed E-state index contributed by atoms with van der Waals surface area (Å²) in [7, 11) is 0. The van der Waals surface area contributed by atoms with Crippen LogP contribution in [-0.2, 0) is 23.9 Å². The quantitative estimate of drug-likeness (QED) is 0.510. The highest BCUT2D eigenvalue weighted by atomic mass is 16.5. The Balaban J connectivity index is 1.75. The molecular formula is C17H25N3O6. The third-order valence-electron chi connectivity index (χ3n) is 4.51. The van der Waals surface area contributed by atoms with Crippen molar-refractivity contribution in [3.8, 4) is 0 Å². The van der Waals surface area contributed by atoms with E-state index in [-0.39, 0.29) is 29.6 Å². The second-order valence-electron chi connectivity index (χ2n) is 7.07. The number of carbonyl (C=O) groups excluding carboxylic acids is 5. The van der Waals surface area contributed by atoms with Gasteiger partial charge in [0.15, 0.2) is 6.61 Å². The minimum Gasteiger partial charge on any atom is -0.454 e. The normalized spacial score (nSPS) is 22.2. The number of urea groups is 1. The van der Waals surface area contributed by atoms with E-state index in [9.17, 15) is 24.0 Å². The molecule has 1 saturated carbocycles. The minimum absolute atomic E-state index is 0.230. The summed E-state index contributed by atoms with van der Waals surface area (Å²) in [6.07, 6.45) is 3.12. The van der Waals surface area contributed by atoms with Crippen molar-refractivity contribution in [2.24, 2.45) is 17.8 Å². The van der Waals surface area contributed by atoms with E-state index in [0.717, 1.165) is 17.7 Å². The zero-order chi connectivity index (χ0) is 19.3. The number of carbonyl (C=O) groups is 5. The Morgan fingerprint density at radius 3 is 2.23 bits per heavy atom. The summed E-state index contributed by atoms with van der Waals surface area (Å²) in [6.45, 7) is 3.05. The van der Waals surface area contributed by atoms with Gasteiger partial charge in [0, 0.05) is 6.54 Å². The molecular weight excluding hydrogens is 342 g/mol. The van der Waals surface area contributed by atoms with E-state index in [1.165, 1.54) is 0 Å². The van der Waals surface area contributed by atoms with Gasteiger partial charge in [0.05, 0.1) is 11.8 Å². The maximum atomic E-state index is 12.3. The van der Waals surface area contributed by atoms with Crippen molar-refractivity contribution in [2.75, 3.05) is 19.7 Å². The molecule has 0 spiro atoms. The molecule has 2 unspecified atom stereocenters. The third kappa shape index (κ3) is 5.03. The highest BCUT2D eigenvalue weighted by Crippen LogP contribution is 2.37. The van der Waals surface area contributed by atoms with E-state index in [2.05, 4.69) is 5.32 Å². The fourth-order valence-corrected chi connectivity index (χ4v) is 3.21. The smallest absolute Gasteiger partial charge is 0.326 e. The Morgan fingerprint density at radius 1 is 1.12 bits per heavy atom. The van der Waals surface area contributed by atoms with E-state index in [1.54, 1.807) is 0 Å². The number of likely N-dealkylation sites (tertiary alicyclic amines) is 1. The number of hydrogen-bond donors (Lipinski definition) is 2. The van der Waals surface area contributed by atoms with Gasteiger partial charge in [-0.15, -0.1) is 0 Å². The molecule has 0 radical (unpaired) electrons. The lowest BCUT2D eigenvalue weighted by Gasteiger charge is -2.19. The van der Waals surface area contributed by atoms with Crippen LogP contribution in [0.3, 0.4) is 0 Å². The fraction of sp³-hybridized carbons (Fsp3) is 0.706. The Bertz CT molecular complexity index is 579. The van der Waals surface area contributed by atoms with Crippen LogP contribution in [-0.4, -0.2) is 54.3 Å². The predicted octanol–water partition coefficient (Wildman–Crippen LogP) is 0.187. The van der Waals surface area contributed by atoms with Gasteiger partial charge in [-0.1, -0.05) is 26.7 Å². The van der Waals surface area contributed by atoms with Crippen LogP contribution in [0.5, 0.6) is 0 Å². The molecule has 1 aliphatic heterocycles. The average molecular weight is 367 g/mol. The lowest BCUT2D eigenvalue weighted by Crippen LogP contribution is -2.43. The first kappa shape index (κ1) is 19.9. The zero-order valence-electron chi connectivity index (χ0n) is 15.1. The van der Waals surface area contributed by atoms with Crippen LogP contribution in [0, 0.1) is 17.8 Å². The SMILES string of the molecule is CC(C)CNC(=O)NC(=O)COC(=O)CN1C(=O)C2CCCCC2C1=O. The van der Waals surface area contributed by atoms with Gasteiger partial charge >= 0.3 is 12.0 Å². The lowest BCUT2D eigenvalue weighted by molar-refractivity contribution is -0.154. The summed E-state index contributed by atoms with van der Waals surface area (Å²) < 4.78 is 4.77. The highest BCUT2D eigenvalue weighted by Gasteiger charge is 2.48. The second-order valence-corrected chi connectivity index (χ2v) is 7.07. The maximum absolute atomic E-state index is 12.3. The van der Waals surface area contributed by atoms with Crippen LogP contribution in [0.25, 0.3) is 0 Å². The largest absolute Gasteiger partial charge is 0.454 e. The van der Waals surface area contributed by atoms with Crippen molar-refractivity contribution in [3.63, 3.8) is 0 Å². The number of fused-ring (bicyclic) bond motifs is 1. The van der Waals surface area contributed by atoms with E-state index < -0.39 is 31.1 Å². The van der Waals surface area contributed by atoms with E-state index in [4.69, 9.17) is 4.74 Å². The molecule has 0 aromatic heterocycles. The van der Waals surface area contributed by atoms with E-state index in [0.29, 0.717) is 19.4 Å². The topological polar surface area (TPSA) is 122 Å². The van der Waals surface area contributed by atoms with Gasteiger partial charge in [-0.25, -0.2) is 4.79 Å². The number of amides is 5. The first-order valence-electron chi connectivity index (χ1n) is 8.88. The minimum atomic E-state index is -0.858. The summed E-state index contributed by atoms with van der Waals surface area (Å²) in [6, 6.07) is -0.672. The number of rotatable bonds is 6. The van der Waals surface area contributed by atoms with Crippen molar-refractivity contribution in [1.29, 1.82) is 0 Å². The standard InChI is InChI=1S/C17H25N3O6/c1-10(2)7-18-17(25)19-13(21)9-26-14(22)8-20-15(23)11-5-3-4-6-12(11)16(20)24/h10-12H,3-9H2,1-2H3,(H2,18,19,21,25). The summed E-state index contributed by atoms with van der Waals surface area (Å²) in [5.41, 5.74) is 0. The van der Waals surface area contributed by atoms with Gasteiger partial charge in [0.2, 0.25) is 11.8 Å². The fourth-order valence-electron chi connectivity index (χ4n) is 3.21. The highest BCUT2D eigenvalue weighted by molar-refractivity contribution is 6.07. The molecule has 1 saturated heterocycles. The molecule has 0 aromatic rings. The van der Waals surface area contributed by atoms with Crippen molar-refractivity contribution < 1.29 is 28.7 Å². The van der Waals surface area contributed by atoms with Gasteiger partial charge in [-0.05, 0) is 18.8 Å². The Morgan fingerprint density at radius 2 is 1.69 bits per heavy atom.